The summed E-state index contributed by atoms with van der Waals surface area (Å²) in [6.07, 6.45) is 0. The van der Waals surface area contributed by atoms with E-state index >= 15 is 0 Å². The van der Waals surface area contributed by atoms with Gasteiger partial charge in [0.15, 0.2) is 11.5 Å². The zero-order valence-corrected chi connectivity index (χ0v) is 9.16. The van der Waals surface area contributed by atoms with Crippen LogP contribution in [-0.2, 0) is 11.3 Å². The highest BCUT2D eigenvalue weighted by Crippen LogP contribution is 2.30. The lowest BCUT2D eigenvalue weighted by Crippen LogP contribution is -2.08. The summed E-state index contributed by atoms with van der Waals surface area (Å²) < 4.78 is 15.7. The van der Waals surface area contributed by atoms with Crippen LogP contribution in [0.3, 0.4) is 0 Å². The summed E-state index contributed by atoms with van der Waals surface area (Å²) in [5, 5.41) is 0. The normalized spacial score (nSPS) is 10.1. The Hall–Kier alpha value is -1.26. The topological polar surface area (TPSA) is 53.7 Å². The molecule has 0 fully saturated rings. The van der Waals surface area contributed by atoms with Gasteiger partial charge in [-0.05, 0) is 6.07 Å². The van der Waals surface area contributed by atoms with E-state index in [2.05, 4.69) is 0 Å². The predicted molar refractivity (Wildman–Crippen MR) is 58.3 cm³/mol. The van der Waals surface area contributed by atoms with Crippen molar-refractivity contribution in [2.45, 2.75) is 6.54 Å². The Balaban J connectivity index is 2.80. The molecule has 0 spiro atoms. The van der Waals surface area contributed by atoms with Gasteiger partial charge in [0, 0.05) is 19.2 Å². The SMILES string of the molecule is COCCOc1c(CN)cccc1OC. The lowest BCUT2D eigenvalue weighted by molar-refractivity contribution is 0.143. The third kappa shape index (κ3) is 3.11. The van der Waals surface area contributed by atoms with Crippen LogP contribution in [0.4, 0.5) is 0 Å². The molecule has 4 heteroatoms. The maximum atomic E-state index is 5.61. The summed E-state index contributed by atoms with van der Waals surface area (Å²) in [5.74, 6) is 1.41. The summed E-state index contributed by atoms with van der Waals surface area (Å²) in [4.78, 5) is 0. The van der Waals surface area contributed by atoms with Gasteiger partial charge >= 0.3 is 0 Å². The van der Waals surface area contributed by atoms with E-state index in [0.717, 1.165) is 5.56 Å². The molecule has 0 aliphatic heterocycles. The van der Waals surface area contributed by atoms with Crippen LogP contribution in [0.25, 0.3) is 0 Å². The Bertz CT molecular complexity index is 280. The monoisotopic (exact) mass is 211 g/mol. The van der Waals surface area contributed by atoms with E-state index in [1.54, 1.807) is 14.2 Å². The molecule has 0 radical (unpaired) electrons. The van der Waals surface area contributed by atoms with Crippen LogP contribution in [-0.4, -0.2) is 27.4 Å². The fourth-order valence-corrected chi connectivity index (χ4v) is 1.27. The molecule has 0 amide bonds. The average molecular weight is 211 g/mol. The van der Waals surface area contributed by atoms with Crippen LogP contribution >= 0.6 is 0 Å². The zero-order chi connectivity index (χ0) is 11.1. The molecular formula is C11H17NO3. The van der Waals surface area contributed by atoms with Crippen molar-refractivity contribution >= 4 is 0 Å². The first kappa shape index (κ1) is 11.8. The summed E-state index contributed by atoms with van der Waals surface area (Å²) >= 11 is 0. The first-order chi connectivity index (χ1) is 7.33. The number of para-hydroxylation sites is 1. The largest absolute Gasteiger partial charge is 0.493 e. The number of rotatable bonds is 6. The Labute approximate surface area is 89.9 Å². The van der Waals surface area contributed by atoms with Crippen molar-refractivity contribution in [3.05, 3.63) is 23.8 Å². The van der Waals surface area contributed by atoms with Gasteiger partial charge in [-0.15, -0.1) is 0 Å². The molecule has 0 saturated carbocycles. The van der Waals surface area contributed by atoms with Crippen molar-refractivity contribution in [1.82, 2.24) is 0 Å². The highest BCUT2D eigenvalue weighted by atomic mass is 16.5. The quantitative estimate of drug-likeness (QED) is 0.718. The van der Waals surface area contributed by atoms with E-state index in [1.807, 2.05) is 18.2 Å². The molecule has 1 aromatic rings. The van der Waals surface area contributed by atoms with Gasteiger partial charge in [-0.3, -0.25) is 0 Å². The summed E-state index contributed by atoms with van der Waals surface area (Å²) in [7, 11) is 3.24. The van der Waals surface area contributed by atoms with Crippen molar-refractivity contribution in [1.29, 1.82) is 0 Å². The molecule has 0 atom stereocenters. The third-order valence-corrected chi connectivity index (χ3v) is 2.03. The van der Waals surface area contributed by atoms with Gasteiger partial charge in [0.1, 0.15) is 6.61 Å². The first-order valence-electron chi connectivity index (χ1n) is 4.81. The third-order valence-electron chi connectivity index (χ3n) is 2.03. The lowest BCUT2D eigenvalue weighted by Gasteiger charge is -2.13. The van der Waals surface area contributed by atoms with E-state index in [1.165, 1.54) is 0 Å². The number of ether oxygens (including phenoxy) is 3. The predicted octanol–water partition coefficient (Wildman–Crippen LogP) is 1.18. The van der Waals surface area contributed by atoms with Crippen LogP contribution in [0.2, 0.25) is 0 Å². The Kier molecular flexibility index (Phi) is 4.93. The fraction of sp³-hybridized carbons (Fsp3) is 0.455. The van der Waals surface area contributed by atoms with Crippen molar-refractivity contribution in [2.24, 2.45) is 5.73 Å². The zero-order valence-electron chi connectivity index (χ0n) is 9.16. The highest BCUT2D eigenvalue weighted by Gasteiger charge is 2.08. The Morgan fingerprint density at radius 2 is 2.00 bits per heavy atom. The number of hydrogen-bond donors (Lipinski definition) is 1. The molecule has 0 bridgehead atoms. The smallest absolute Gasteiger partial charge is 0.165 e. The van der Waals surface area contributed by atoms with Gasteiger partial charge < -0.3 is 19.9 Å². The van der Waals surface area contributed by atoms with Gasteiger partial charge in [-0.2, -0.15) is 0 Å². The minimum Gasteiger partial charge on any atom is -0.493 e. The standard InChI is InChI=1S/C11H17NO3/c1-13-6-7-15-11-9(8-12)4-3-5-10(11)14-2/h3-5H,6-8,12H2,1-2H3. The molecule has 0 heterocycles. The van der Waals surface area contributed by atoms with E-state index in [-0.39, 0.29) is 0 Å². The molecule has 4 nitrogen and oxygen atoms in total. The number of hydrogen-bond acceptors (Lipinski definition) is 4. The molecule has 0 saturated heterocycles. The van der Waals surface area contributed by atoms with Gasteiger partial charge in [0.05, 0.1) is 13.7 Å². The molecule has 15 heavy (non-hydrogen) atoms. The lowest BCUT2D eigenvalue weighted by atomic mass is 10.2. The molecule has 0 aliphatic rings. The minimum absolute atomic E-state index is 0.430. The summed E-state index contributed by atoms with van der Waals surface area (Å²) in [6, 6.07) is 5.66. The molecular weight excluding hydrogens is 194 g/mol. The van der Waals surface area contributed by atoms with Crippen molar-refractivity contribution in [3.63, 3.8) is 0 Å². The molecule has 0 unspecified atom stereocenters. The maximum Gasteiger partial charge on any atom is 0.165 e. The van der Waals surface area contributed by atoms with E-state index < -0.39 is 0 Å². The number of benzene rings is 1. The second kappa shape index (κ2) is 6.27. The Morgan fingerprint density at radius 3 is 2.60 bits per heavy atom. The van der Waals surface area contributed by atoms with Gasteiger partial charge in [-0.1, -0.05) is 12.1 Å². The summed E-state index contributed by atoms with van der Waals surface area (Å²) in [6.45, 7) is 1.46. The van der Waals surface area contributed by atoms with Crippen LogP contribution in [0.15, 0.2) is 18.2 Å². The number of methoxy groups -OCH3 is 2. The van der Waals surface area contributed by atoms with Crippen molar-refractivity contribution < 1.29 is 14.2 Å². The fourth-order valence-electron chi connectivity index (χ4n) is 1.27. The van der Waals surface area contributed by atoms with E-state index in [9.17, 15) is 0 Å². The Morgan fingerprint density at radius 1 is 1.20 bits per heavy atom. The average Bonchev–Trinajstić information content (AvgIpc) is 2.29. The van der Waals surface area contributed by atoms with Crippen molar-refractivity contribution in [3.8, 4) is 11.5 Å². The van der Waals surface area contributed by atoms with Gasteiger partial charge in [-0.25, -0.2) is 0 Å². The van der Waals surface area contributed by atoms with Crippen LogP contribution in [0, 0.1) is 0 Å². The minimum atomic E-state index is 0.430. The summed E-state index contributed by atoms with van der Waals surface area (Å²) in [5.41, 5.74) is 6.55. The molecule has 1 rings (SSSR count). The van der Waals surface area contributed by atoms with E-state index in [0.29, 0.717) is 31.3 Å². The van der Waals surface area contributed by atoms with Crippen LogP contribution < -0.4 is 15.2 Å². The molecule has 2 N–H and O–H groups in total. The van der Waals surface area contributed by atoms with Gasteiger partial charge in [0.25, 0.3) is 0 Å². The maximum absolute atomic E-state index is 5.61. The second-order valence-corrected chi connectivity index (χ2v) is 2.99. The van der Waals surface area contributed by atoms with Crippen molar-refractivity contribution in [2.75, 3.05) is 27.4 Å². The van der Waals surface area contributed by atoms with Crippen LogP contribution in [0.1, 0.15) is 5.56 Å². The van der Waals surface area contributed by atoms with Gasteiger partial charge in [0.2, 0.25) is 0 Å². The van der Waals surface area contributed by atoms with Crippen LogP contribution in [0.5, 0.6) is 11.5 Å². The second-order valence-electron chi connectivity index (χ2n) is 2.99. The highest BCUT2D eigenvalue weighted by molar-refractivity contribution is 5.46. The number of nitrogens with two attached hydrogens (primary N) is 1. The molecule has 0 aliphatic carbocycles. The van der Waals surface area contributed by atoms with E-state index in [4.69, 9.17) is 19.9 Å². The molecule has 0 aromatic heterocycles. The molecule has 84 valence electrons. The molecule has 1 aromatic carbocycles. The first-order valence-corrected chi connectivity index (χ1v) is 4.81.